The van der Waals surface area contributed by atoms with E-state index in [1.807, 2.05) is 6.07 Å². The highest BCUT2D eigenvalue weighted by atomic mass is 19.1. The van der Waals surface area contributed by atoms with Crippen molar-refractivity contribution in [3.05, 3.63) is 71.7 Å². The molecule has 0 fully saturated rings. The number of hydrogen-bond acceptors (Lipinski definition) is 4. The van der Waals surface area contributed by atoms with Crippen LogP contribution in [0, 0.1) is 17.1 Å². The second-order valence-electron chi connectivity index (χ2n) is 5.20. The topological polar surface area (TPSA) is 82.3 Å². The molecule has 0 radical (unpaired) electrons. The van der Waals surface area contributed by atoms with Crippen LogP contribution in [0.4, 0.5) is 10.1 Å². The van der Waals surface area contributed by atoms with Gasteiger partial charge in [-0.05, 0) is 30.3 Å². The van der Waals surface area contributed by atoms with Gasteiger partial charge in [-0.2, -0.15) is 5.26 Å². The summed E-state index contributed by atoms with van der Waals surface area (Å²) in [6.45, 7) is 0.110. The minimum absolute atomic E-state index is 0.0841. The van der Waals surface area contributed by atoms with Gasteiger partial charge in [0.2, 0.25) is 0 Å². The molecule has 6 nitrogen and oxygen atoms in total. The first kappa shape index (κ1) is 16.3. The van der Waals surface area contributed by atoms with Crippen LogP contribution in [0.15, 0.2) is 53.3 Å². The molecule has 7 heteroatoms. The van der Waals surface area contributed by atoms with E-state index in [1.54, 1.807) is 18.2 Å². The minimum atomic E-state index is -0.582. The van der Waals surface area contributed by atoms with Crippen LogP contribution in [-0.4, -0.2) is 18.0 Å². The number of hydrogen-bond donors (Lipinski definition) is 1. The Balaban J connectivity index is 1.98. The maximum absolute atomic E-state index is 14.1. The zero-order valence-electron chi connectivity index (χ0n) is 13.3. The van der Waals surface area contributed by atoms with E-state index in [0.717, 1.165) is 0 Å². The fourth-order valence-electron chi connectivity index (χ4n) is 2.39. The number of benzene rings is 1. The number of amides is 1. The smallest absolute Gasteiger partial charge is 0.275 e. The van der Waals surface area contributed by atoms with Crippen LogP contribution in [0.5, 0.6) is 5.75 Å². The zero-order valence-corrected chi connectivity index (χ0v) is 13.3. The molecule has 0 aliphatic rings. The van der Waals surface area contributed by atoms with Crippen molar-refractivity contribution in [2.45, 2.75) is 6.54 Å². The molecule has 0 saturated heterocycles. The van der Waals surface area contributed by atoms with E-state index in [9.17, 15) is 9.18 Å². The third-order valence-electron chi connectivity index (χ3n) is 3.63. The number of aromatic amines is 1. The number of nitriles is 1. The number of methoxy groups -OCH3 is 1. The molecule has 0 unspecified atom stereocenters. The molecule has 1 aromatic carbocycles. The standard InChI is InChI=1S/C18H14FN3O3/c1-24-17-5-4-13(8-15(17)19)22(11-14-3-2-6-25-14)18(23)16-7-12(9-20)10-21-16/h2-8,10,21H,11H2,1H3. The van der Waals surface area contributed by atoms with Crippen molar-refractivity contribution in [3.63, 3.8) is 0 Å². The number of carbonyl (C=O) groups is 1. The van der Waals surface area contributed by atoms with Crippen molar-refractivity contribution in [3.8, 4) is 11.8 Å². The summed E-state index contributed by atoms with van der Waals surface area (Å²) in [5, 5.41) is 8.92. The Hall–Kier alpha value is -3.53. The Morgan fingerprint density at radius 1 is 1.40 bits per heavy atom. The number of aromatic nitrogens is 1. The summed E-state index contributed by atoms with van der Waals surface area (Å²) in [5.41, 5.74) is 0.898. The number of nitrogens with one attached hydrogen (secondary N) is 1. The van der Waals surface area contributed by atoms with Crippen LogP contribution >= 0.6 is 0 Å². The molecule has 0 aliphatic carbocycles. The van der Waals surface area contributed by atoms with Gasteiger partial charge in [-0.25, -0.2) is 4.39 Å². The molecule has 0 bridgehead atoms. The molecule has 2 heterocycles. The Labute approximate surface area is 143 Å². The van der Waals surface area contributed by atoms with Gasteiger partial charge in [0.15, 0.2) is 11.6 Å². The fraction of sp³-hybridized carbons (Fsp3) is 0.111. The Kier molecular flexibility index (Phi) is 4.53. The molecular weight excluding hydrogens is 325 g/mol. The lowest BCUT2D eigenvalue weighted by atomic mass is 10.2. The summed E-state index contributed by atoms with van der Waals surface area (Å²) in [4.78, 5) is 17.0. The van der Waals surface area contributed by atoms with Crippen LogP contribution in [-0.2, 0) is 6.54 Å². The third-order valence-corrected chi connectivity index (χ3v) is 3.63. The molecule has 3 aromatic rings. The number of H-pyrrole nitrogens is 1. The summed E-state index contributed by atoms with van der Waals surface area (Å²) in [6, 6.07) is 11.1. The number of anilines is 1. The highest BCUT2D eigenvalue weighted by Crippen LogP contribution is 2.26. The highest BCUT2D eigenvalue weighted by Gasteiger charge is 2.22. The van der Waals surface area contributed by atoms with E-state index in [2.05, 4.69) is 4.98 Å². The Bertz CT molecular complexity index is 925. The molecule has 0 atom stereocenters. The molecule has 126 valence electrons. The second-order valence-corrected chi connectivity index (χ2v) is 5.20. The predicted molar refractivity (Wildman–Crippen MR) is 87.7 cm³/mol. The second kappa shape index (κ2) is 6.93. The number of rotatable bonds is 5. The summed E-state index contributed by atoms with van der Waals surface area (Å²) in [5.74, 6) is -0.374. The number of furan rings is 1. The maximum Gasteiger partial charge on any atom is 0.275 e. The zero-order chi connectivity index (χ0) is 17.8. The third kappa shape index (κ3) is 3.38. The fourth-order valence-corrected chi connectivity index (χ4v) is 2.39. The summed E-state index contributed by atoms with van der Waals surface area (Å²) < 4.78 is 24.3. The summed E-state index contributed by atoms with van der Waals surface area (Å²) in [6.07, 6.45) is 2.93. The van der Waals surface area contributed by atoms with Crippen LogP contribution in [0.3, 0.4) is 0 Å². The van der Waals surface area contributed by atoms with Crippen molar-refractivity contribution in [2.24, 2.45) is 0 Å². The lowest BCUT2D eigenvalue weighted by Crippen LogP contribution is -2.30. The van der Waals surface area contributed by atoms with Gasteiger partial charge in [0.25, 0.3) is 5.91 Å². The van der Waals surface area contributed by atoms with Crippen molar-refractivity contribution in [1.82, 2.24) is 4.98 Å². The molecule has 25 heavy (non-hydrogen) atoms. The lowest BCUT2D eigenvalue weighted by molar-refractivity contribution is 0.0979. The van der Waals surface area contributed by atoms with Crippen LogP contribution in [0.1, 0.15) is 21.8 Å². The van der Waals surface area contributed by atoms with E-state index in [0.29, 0.717) is 17.0 Å². The van der Waals surface area contributed by atoms with Gasteiger partial charge in [-0.15, -0.1) is 0 Å². The van der Waals surface area contributed by atoms with Gasteiger partial charge in [0.1, 0.15) is 17.5 Å². The first-order valence-electron chi connectivity index (χ1n) is 7.38. The van der Waals surface area contributed by atoms with E-state index in [4.69, 9.17) is 14.4 Å². The molecule has 1 amide bonds. The minimum Gasteiger partial charge on any atom is -0.494 e. The van der Waals surface area contributed by atoms with Gasteiger partial charge in [0.05, 0.1) is 25.5 Å². The maximum atomic E-state index is 14.1. The van der Waals surface area contributed by atoms with Crippen molar-refractivity contribution >= 4 is 11.6 Å². The molecule has 2 aromatic heterocycles. The number of carbonyl (C=O) groups excluding carboxylic acids is 1. The van der Waals surface area contributed by atoms with E-state index in [1.165, 1.54) is 42.7 Å². The van der Waals surface area contributed by atoms with E-state index < -0.39 is 11.7 Å². The van der Waals surface area contributed by atoms with Crippen LogP contribution < -0.4 is 9.64 Å². The van der Waals surface area contributed by atoms with Gasteiger partial charge >= 0.3 is 0 Å². The molecule has 1 N–H and O–H groups in total. The lowest BCUT2D eigenvalue weighted by Gasteiger charge is -2.21. The molecule has 0 spiro atoms. The van der Waals surface area contributed by atoms with Gasteiger partial charge in [-0.1, -0.05) is 0 Å². The first-order valence-corrected chi connectivity index (χ1v) is 7.38. The summed E-state index contributed by atoms with van der Waals surface area (Å²) in [7, 11) is 1.37. The average Bonchev–Trinajstić information content (AvgIpc) is 3.30. The van der Waals surface area contributed by atoms with Crippen molar-refractivity contribution in [2.75, 3.05) is 12.0 Å². The normalized spacial score (nSPS) is 10.3. The average molecular weight is 339 g/mol. The Morgan fingerprint density at radius 3 is 2.84 bits per heavy atom. The number of ether oxygens (including phenoxy) is 1. The van der Waals surface area contributed by atoms with Crippen molar-refractivity contribution in [1.29, 1.82) is 5.26 Å². The SMILES string of the molecule is COc1ccc(N(Cc2ccco2)C(=O)c2cc(C#N)c[nH]2)cc1F. The first-order chi connectivity index (χ1) is 12.1. The van der Waals surface area contributed by atoms with E-state index in [-0.39, 0.29) is 18.0 Å². The molecular formula is C18H14FN3O3. The quantitative estimate of drug-likeness (QED) is 0.771. The molecule has 0 aliphatic heterocycles. The highest BCUT2D eigenvalue weighted by molar-refractivity contribution is 6.05. The predicted octanol–water partition coefficient (Wildman–Crippen LogP) is 3.47. The molecule has 3 rings (SSSR count). The van der Waals surface area contributed by atoms with Crippen LogP contribution in [0.25, 0.3) is 0 Å². The van der Waals surface area contributed by atoms with Crippen molar-refractivity contribution < 1.29 is 18.3 Å². The summed E-state index contributed by atoms with van der Waals surface area (Å²) >= 11 is 0. The molecule has 0 saturated carbocycles. The van der Waals surface area contributed by atoms with Gasteiger partial charge < -0.3 is 14.1 Å². The van der Waals surface area contributed by atoms with Gasteiger partial charge in [-0.3, -0.25) is 9.69 Å². The van der Waals surface area contributed by atoms with Gasteiger partial charge in [0, 0.05) is 18.0 Å². The Morgan fingerprint density at radius 2 is 2.24 bits per heavy atom. The largest absolute Gasteiger partial charge is 0.494 e. The number of nitrogens with zero attached hydrogens (tertiary/aromatic N) is 2. The van der Waals surface area contributed by atoms with Crippen LogP contribution in [0.2, 0.25) is 0 Å². The monoisotopic (exact) mass is 339 g/mol. The number of halogens is 1. The van der Waals surface area contributed by atoms with E-state index >= 15 is 0 Å².